The van der Waals surface area contributed by atoms with Gasteiger partial charge in [-0.15, -0.1) is 0 Å². The lowest BCUT2D eigenvalue weighted by molar-refractivity contribution is -0.143. The van der Waals surface area contributed by atoms with Crippen LogP contribution in [0.4, 0.5) is 0 Å². The largest absolute Gasteiger partial charge is 0.508 e. The number of hydrogen-bond donors (Lipinski definition) is 10. The Kier molecular flexibility index (Phi) is 18.1. The first kappa shape index (κ1) is 39.9. The van der Waals surface area contributed by atoms with Crippen molar-refractivity contribution in [3.63, 3.8) is 0 Å². The van der Waals surface area contributed by atoms with Gasteiger partial charge in [0.05, 0.1) is 12.6 Å². The summed E-state index contributed by atoms with van der Waals surface area (Å²) in [7, 11) is 0. The molecule has 17 heteroatoms. The normalized spacial score (nSPS) is 14.8. The van der Waals surface area contributed by atoms with E-state index in [9.17, 15) is 39.3 Å². The topological polar surface area (TPSA) is 285 Å². The molecule has 0 saturated heterocycles. The van der Waals surface area contributed by atoms with E-state index in [1.54, 1.807) is 26.0 Å². The third-order valence-corrected chi connectivity index (χ3v) is 7.79. The minimum absolute atomic E-state index is 0.00501. The molecule has 0 saturated carbocycles. The summed E-state index contributed by atoms with van der Waals surface area (Å²) in [4.78, 5) is 68.2. The van der Waals surface area contributed by atoms with Crippen molar-refractivity contribution >= 4 is 47.3 Å². The number of nitrogens with two attached hydrogens (primary N) is 3. The Bertz CT molecular complexity index is 1180. The molecule has 6 atom stereocenters. The molecular weight excluding hydrogens is 620 g/mol. The Hall–Kier alpha value is -4.09. The highest BCUT2D eigenvalue weighted by Gasteiger charge is 2.33. The van der Waals surface area contributed by atoms with Crippen molar-refractivity contribution in [2.24, 2.45) is 28.1 Å². The van der Waals surface area contributed by atoms with Crippen LogP contribution in [0.3, 0.4) is 0 Å². The maximum Gasteiger partial charge on any atom is 0.326 e. The van der Waals surface area contributed by atoms with Gasteiger partial charge in [0, 0.05) is 13.0 Å². The Labute approximate surface area is 272 Å². The lowest BCUT2D eigenvalue weighted by Crippen LogP contribution is -2.60. The quantitative estimate of drug-likeness (QED) is 0.0392. The van der Waals surface area contributed by atoms with Gasteiger partial charge in [-0.05, 0) is 54.9 Å². The predicted molar refractivity (Wildman–Crippen MR) is 175 cm³/mol. The van der Waals surface area contributed by atoms with E-state index >= 15 is 0 Å². The number of aliphatic hydroxyl groups excluding tert-OH is 1. The van der Waals surface area contributed by atoms with Gasteiger partial charge in [-0.25, -0.2) is 4.79 Å². The molecule has 0 unspecified atom stereocenters. The number of aliphatic imine (C=N–C) groups is 1. The van der Waals surface area contributed by atoms with E-state index in [1.165, 1.54) is 23.9 Å². The minimum atomic E-state index is -1.52. The molecule has 0 aliphatic rings. The third kappa shape index (κ3) is 14.3. The van der Waals surface area contributed by atoms with Gasteiger partial charge in [0.25, 0.3) is 0 Å². The third-order valence-electron chi connectivity index (χ3n) is 7.15. The molecule has 0 fully saturated rings. The molecule has 258 valence electrons. The monoisotopic (exact) mass is 668 g/mol. The van der Waals surface area contributed by atoms with Crippen LogP contribution in [-0.4, -0.2) is 106 Å². The second kappa shape index (κ2) is 20.8. The summed E-state index contributed by atoms with van der Waals surface area (Å²) in [6, 6.07) is -0.156. The van der Waals surface area contributed by atoms with E-state index in [0.29, 0.717) is 24.2 Å². The molecule has 13 N–H and O–H groups in total. The molecule has 0 spiro atoms. The highest BCUT2D eigenvalue weighted by atomic mass is 32.2. The van der Waals surface area contributed by atoms with Crippen molar-refractivity contribution in [1.29, 1.82) is 0 Å². The highest BCUT2D eigenvalue weighted by Crippen LogP contribution is 2.13. The van der Waals surface area contributed by atoms with Crippen LogP contribution in [0.1, 0.15) is 45.1 Å². The van der Waals surface area contributed by atoms with E-state index in [1.807, 2.05) is 6.26 Å². The fourth-order valence-electron chi connectivity index (χ4n) is 4.18. The second-order valence-electron chi connectivity index (χ2n) is 10.8. The van der Waals surface area contributed by atoms with E-state index < -0.39 is 72.3 Å². The smallest absolute Gasteiger partial charge is 0.326 e. The number of benzene rings is 1. The molecule has 0 radical (unpaired) electrons. The number of carboxylic acids is 1. The number of aliphatic hydroxyl groups is 1. The maximum atomic E-state index is 13.4. The summed E-state index contributed by atoms with van der Waals surface area (Å²) in [5.74, 6) is -4.33. The van der Waals surface area contributed by atoms with Crippen LogP contribution in [-0.2, 0) is 30.4 Å². The van der Waals surface area contributed by atoms with Gasteiger partial charge in [0.1, 0.15) is 29.9 Å². The first-order valence-corrected chi connectivity index (χ1v) is 16.3. The summed E-state index contributed by atoms with van der Waals surface area (Å²) < 4.78 is 0. The number of carbonyl (C=O) groups excluding carboxylic acids is 4. The number of rotatable bonds is 21. The number of nitrogens with one attached hydrogen (secondary N) is 4. The second-order valence-corrected chi connectivity index (χ2v) is 11.8. The zero-order valence-corrected chi connectivity index (χ0v) is 27.2. The molecule has 0 heterocycles. The Morgan fingerprint density at radius 2 is 1.48 bits per heavy atom. The van der Waals surface area contributed by atoms with E-state index in [0.717, 1.165) is 0 Å². The molecule has 46 heavy (non-hydrogen) atoms. The number of amides is 4. The summed E-state index contributed by atoms with van der Waals surface area (Å²) in [6.45, 7) is 2.76. The average molecular weight is 669 g/mol. The van der Waals surface area contributed by atoms with E-state index in [4.69, 9.17) is 17.2 Å². The van der Waals surface area contributed by atoms with Crippen LogP contribution in [0.25, 0.3) is 0 Å². The van der Waals surface area contributed by atoms with Gasteiger partial charge >= 0.3 is 5.97 Å². The molecule has 16 nitrogen and oxygen atoms in total. The van der Waals surface area contributed by atoms with Crippen LogP contribution >= 0.6 is 11.8 Å². The number of hydrogen-bond acceptors (Lipinski definition) is 10. The number of carbonyl (C=O) groups is 5. The molecule has 0 aromatic heterocycles. The van der Waals surface area contributed by atoms with Gasteiger partial charge in [0.2, 0.25) is 23.6 Å². The summed E-state index contributed by atoms with van der Waals surface area (Å²) in [5, 5.41) is 39.2. The highest BCUT2D eigenvalue weighted by molar-refractivity contribution is 7.98. The summed E-state index contributed by atoms with van der Waals surface area (Å²) >= 11 is 1.51. The van der Waals surface area contributed by atoms with Crippen LogP contribution < -0.4 is 38.5 Å². The molecule has 4 amide bonds. The van der Waals surface area contributed by atoms with Crippen LogP contribution in [0, 0.1) is 5.92 Å². The van der Waals surface area contributed by atoms with Gasteiger partial charge < -0.3 is 53.8 Å². The molecule has 1 aromatic rings. The molecule has 1 rings (SSSR count). The lowest BCUT2D eigenvalue weighted by Gasteiger charge is -2.28. The van der Waals surface area contributed by atoms with Crippen molar-refractivity contribution < 1.29 is 39.3 Å². The molecular formula is C29H48N8O8S. The standard InChI is InChI=1S/C29H48N8O8S/c1-4-16(2)23(27(43)34-20(28(44)45)6-5-12-33-29(31)32)37-26(42)22(15-38)36-25(41)21(14-17-7-9-18(39)10-8-17)35-24(40)19(30)11-13-46-3/h7-10,16,19-23,38-39H,4-6,11-15,30H2,1-3H3,(H,34,43)(H,35,40)(H,36,41)(H,37,42)(H,44,45)(H4,31,32,33)/t16-,19-,20-,21-,22-,23-/m0/s1. The minimum Gasteiger partial charge on any atom is -0.508 e. The van der Waals surface area contributed by atoms with Gasteiger partial charge in [-0.1, -0.05) is 32.4 Å². The predicted octanol–water partition coefficient (Wildman–Crippen LogP) is -1.87. The number of guanidine groups is 1. The zero-order valence-electron chi connectivity index (χ0n) is 26.4. The van der Waals surface area contributed by atoms with Crippen molar-refractivity contribution in [2.45, 2.75) is 76.2 Å². The summed E-state index contributed by atoms with van der Waals surface area (Å²) in [6.07, 6.45) is 2.91. The summed E-state index contributed by atoms with van der Waals surface area (Å²) in [5.41, 5.74) is 17.1. The van der Waals surface area contributed by atoms with Crippen LogP contribution in [0.2, 0.25) is 0 Å². The number of nitrogens with zero attached hydrogens (tertiary/aromatic N) is 1. The SMILES string of the molecule is CC[C@H](C)[C@H](NC(=O)[C@H](CO)NC(=O)[C@H](Cc1ccc(O)cc1)NC(=O)[C@@H](N)CCSC)C(=O)N[C@@H](CCCN=C(N)N)C(=O)O. The van der Waals surface area contributed by atoms with E-state index in [2.05, 4.69) is 26.3 Å². The Morgan fingerprint density at radius 3 is 2.02 bits per heavy atom. The number of phenolic OH excluding ortho intramolecular Hbond substituents is 1. The van der Waals surface area contributed by atoms with Crippen LogP contribution in [0.15, 0.2) is 29.3 Å². The lowest BCUT2D eigenvalue weighted by atomic mass is 9.97. The van der Waals surface area contributed by atoms with Gasteiger partial charge in [-0.3, -0.25) is 24.2 Å². The van der Waals surface area contributed by atoms with Crippen molar-refractivity contribution in [1.82, 2.24) is 21.3 Å². The average Bonchev–Trinajstić information content (AvgIpc) is 3.02. The number of thioether (sulfide) groups is 1. The number of aliphatic carboxylic acids is 1. The number of phenols is 1. The van der Waals surface area contributed by atoms with Crippen LogP contribution in [0.5, 0.6) is 5.75 Å². The zero-order chi connectivity index (χ0) is 34.8. The first-order valence-electron chi connectivity index (χ1n) is 14.9. The molecule has 0 aliphatic heterocycles. The number of aromatic hydroxyl groups is 1. The van der Waals surface area contributed by atoms with Gasteiger partial charge in [0.15, 0.2) is 5.96 Å². The fraction of sp³-hybridized carbons (Fsp3) is 0.586. The fourth-order valence-corrected chi connectivity index (χ4v) is 4.67. The Balaban J connectivity index is 3.09. The van der Waals surface area contributed by atoms with E-state index in [-0.39, 0.29) is 37.5 Å². The van der Waals surface area contributed by atoms with Crippen molar-refractivity contribution in [3.05, 3.63) is 29.8 Å². The molecule has 0 aliphatic carbocycles. The number of carboxylic acid groups (broad SMARTS) is 1. The van der Waals surface area contributed by atoms with Crippen molar-refractivity contribution in [2.75, 3.05) is 25.2 Å². The first-order chi connectivity index (χ1) is 21.7. The Morgan fingerprint density at radius 1 is 0.891 bits per heavy atom. The molecule has 1 aromatic carbocycles. The van der Waals surface area contributed by atoms with Crippen molar-refractivity contribution in [3.8, 4) is 5.75 Å². The maximum absolute atomic E-state index is 13.4. The molecule has 0 bridgehead atoms. The van der Waals surface area contributed by atoms with Gasteiger partial charge in [-0.2, -0.15) is 11.8 Å².